The lowest BCUT2D eigenvalue weighted by molar-refractivity contribution is -0.116. The van der Waals surface area contributed by atoms with Crippen molar-refractivity contribution >= 4 is 33.7 Å². The summed E-state index contributed by atoms with van der Waals surface area (Å²) in [5.74, 6) is -1.80. The van der Waals surface area contributed by atoms with Crippen LogP contribution in [0.25, 0.3) is 0 Å². The van der Waals surface area contributed by atoms with Gasteiger partial charge in [-0.1, -0.05) is 0 Å². The van der Waals surface area contributed by atoms with Crippen LogP contribution in [0.5, 0.6) is 0 Å². The van der Waals surface area contributed by atoms with E-state index in [0.717, 1.165) is 0 Å². The van der Waals surface area contributed by atoms with Gasteiger partial charge in [-0.2, -0.15) is 0 Å². The Hall–Kier alpha value is -1.50. The Morgan fingerprint density at radius 1 is 1.64 bits per heavy atom. The molecule has 0 atom stereocenters. The van der Waals surface area contributed by atoms with Gasteiger partial charge in [-0.25, -0.2) is 4.79 Å². The summed E-state index contributed by atoms with van der Waals surface area (Å²) in [6.45, 7) is -0.120. The molecule has 0 bridgehead atoms. The number of furan rings is 1. The van der Waals surface area contributed by atoms with Crippen LogP contribution in [0.2, 0.25) is 0 Å². The van der Waals surface area contributed by atoms with Gasteiger partial charge in [0.25, 0.3) is 0 Å². The van der Waals surface area contributed by atoms with Gasteiger partial charge in [0.15, 0.2) is 0 Å². The minimum absolute atomic E-state index is 0.120. The second-order valence-electron chi connectivity index (χ2n) is 2.41. The number of nitrogens with one attached hydrogen (secondary N) is 1. The summed E-state index contributed by atoms with van der Waals surface area (Å²) in [5, 5.41) is 11.1. The topological polar surface area (TPSA) is 106 Å². The number of carbonyl (C=O) groups excluding carboxylic acids is 1. The molecule has 0 saturated carbocycles. The maximum absolute atomic E-state index is 10.5. The number of hydrogen-bond acceptors (Lipinski definition) is 4. The van der Waals surface area contributed by atoms with Gasteiger partial charge in [0.2, 0.25) is 17.6 Å². The Morgan fingerprint density at radius 2 is 2.29 bits per heavy atom. The summed E-state index contributed by atoms with van der Waals surface area (Å²) in [7, 11) is 0. The average Bonchev–Trinajstić information content (AvgIpc) is 2.43. The molecule has 4 N–H and O–H groups in total. The number of aromatic carboxylic acids is 1. The van der Waals surface area contributed by atoms with Crippen LogP contribution in [0.15, 0.2) is 15.0 Å². The Balaban J connectivity index is 2.77. The van der Waals surface area contributed by atoms with Crippen LogP contribution in [0.1, 0.15) is 10.6 Å². The van der Waals surface area contributed by atoms with E-state index in [2.05, 4.69) is 21.2 Å². The first-order chi connectivity index (χ1) is 6.50. The van der Waals surface area contributed by atoms with E-state index in [1.165, 1.54) is 6.07 Å². The van der Waals surface area contributed by atoms with Crippen LogP contribution in [0.3, 0.4) is 0 Å². The van der Waals surface area contributed by atoms with Gasteiger partial charge in [0.1, 0.15) is 0 Å². The first-order valence-corrected chi connectivity index (χ1v) is 4.35. The SMILES string of the molecule is NC(=O)CNc1oc(C(=O)O)cc1Br. The fraction of sp³-hybridized carbons (Fsp3) is 0.143. The Morgan fingerprint density at radius 3 is 2.71 bits per heavy atom. The second kappa shape index (κ2) is 4.14. The van der Waals surface area contributed by atoms with Crippen LogP contribution in [0.4, 0.5) is 5.88 Å². The van der Waals surface area contributed by atoms with E-state index in [-0.39, 0.29) is 18.2 Å². The van der Waals surface area contributed by atoms with Crippen molar-refractivity contribution in [3.63, 3.8) is 0 Å². The number of halogens is 1. The molecule has 0 unspecified atom stereocenters. The highest BCUT2D eigenvalue weighted by Gasteiger charge is 2.14. The standard InChI is InChI=1S/C7H7BrN2O4/c8-3-1-4(7(12)13)14-6(3)10-2-5(9)11/h1,10H,2H2,(H2,9,11)(H,12,13). The van der Waals surface area contributed by atoms with Gasteiger partial charge in [0.05, 0.1) is 11.0 Å². The van der Waals surface area contributed by atoms with Crippen molar-refractivity contribution in [3.8, 4) is 0 Å². The first-order valence-electron chi connectivity index (χ1n) is 3.55. The number of amides is 1. The van der Waals surface area contributed by atoms with Crippen molar-refractivity contribution in [3.05, 3.63) is 16.3 Å². The fourth-order valence-electron chi connectivity index (χ4n) is 0.762. The van der Waals surface area contributed by atoms with Crippen LogP contribution in [-0.2, 0) is 4.79 Å². The lowest BCUT2D eigenvalue weighted by Crippen LogP contribution is -2.21. The van der Waals surface area contributed by atoms with Crippen LogP contribution in [0, 0.1) is 0 Å². The molecule has 1 aromatic heterocycles. The predicted octanol–water partition coefficient (Wildman–Crippen LogP) is 0.637. The monoisotopic (exact) mass is 262 g/mol. The second-order valence-corrected chi connectivity index (χ2v) is 3.27. The van der Waals surface area contributed by atoms with Gasteiger partial charge >= 0.3 is 5.97 Å². The highest BCUT2D eigenvalue weighted by atomic mass is 79.9. The summed E-state index contributed by atoms with van der Waals surface area (Å²) in [4.78, 5) is 20.9. The molecule has 0 aliphatic rings. The number of anilines is 1. The molecule has 0 aliphatic carbocycles. The molecule has 0 saturated heterocycles. The molecule has 6 nitrogen and oxygen atoms in total. The van der Waals surface area contributed by atoms with Crippen LogP contribution in [-0.4, -0.2) is 23.5 Å². The summed E-state index contributed by atoms with van der Waals surface area (Å²) in [6, 6.07) is 1.28. The summed E-state index contributed by atoms with van der Waals surface area (Å²) in [6.07, 6.45) is 0. The van der Waals surface area contributed by atoms with E-state index in [1.54, 1.807) is 0 Å². The molecule has 1 aromatic rings. The molecule has 0 radical (unpaired) electrons. The number of carboxylic acids is 1. The molecular formula is C7H7BrN2O4. The highest BCUT2D eigenvalue weighted by Crippen LogP contribution is 2.26. The molecule has 76 valence electrons. The minimum Gasteiger partial charge on any atom is -0.475 e. The van der Waals surface area contributed by atoms with E-state index < -0.39 is 11.9 Å². The molecule has 0 spiro atoms. The third-order valence-electron chi connectivity index (χ3n) is 1.32. The zero-order valence-corrected chi connectivity index (χ0v) is 8.50. The van der Waals surface area contributed by atoms with E-state index in [4.69, 9.17) is 15.3 Å². The molecule has 1 rings (SSSR count). The Labute approximate surface area is 87.2 Å². The van der Waals surface area contributed by atoms with Gasteiger partial charge in [-0.15, -0.1) is 0 Å². The van der Waals surface area contributed by atoms with Crippen molar-refractivity contribution < 1.29 is 19.1 Å². The van der Waals surface area contributed by atoms with E-state index in [0.29, 0.717) is 4.47 Å². The largest absolute Gasteiger partial charge is 0.475 e. The lowest BCUT2D eigenvalue weighted by atomic mass is 10.4. The van der Waals surface area contributed by atoms with E-state index in [9.17, 15) is 9.59 Å². The quantitative estimate of drug-likeness (QED) is 0.739. The maximum atomic E-state index is 10.5. The average molecular weight is 263 g/mol. The normalized spacial score (nSPS) is 9.79. The summed E-state index contributed by atoms with van der Waals surface area (Å²) < 4.78 is 5.29. The summed E-state index contributed by atoms with van der Waals surface area (Å²) in [5.41, 5.74) is 4.88. The fourth-order valence-corrected chi connectivity index (χ4v) is 1.19. The van der Waals surface area contributed by atoms with Gasteiger partial charge in [-0.05, 0) is 15.9 Å². The third kappa shape index (κ3) is 2.49. The predicted molar refractivity (Wildman–Crippen MR) is 51.1 cm³/mol. The molecule has 0 aromatic carbocycles. The first kappa shape index (κ1) is 10.6. The number of rotatable bonds is 4. The van der Waals surface area contributed by atoms with Gasteiger partial charge in [0, 0.05) is 6.07 Å². The van der Waals surface area contributed by atoms with Crippen molar-refractivity contribution in [2.24, 2.45) is 5.73 Å². The smallest absolute Gasteiger partial charge is 0.371 e. The molecule has 0 aliphatic heterocycles. The minimum atomic E-state index is -1.18. The number of hydrogen-bond donors (Lipinski definition) is 3. The Bertz CT molecular complexity index is 374. The number of nitrogens with two attached hydrogens (primary N) is 1. The van der Waals surface area contributed by atoms with Gasteiger partial charge < -0.3 is 20.6 Å². The number of carboxylic acid groups (broad SMARTS) is 1. The maximum Gasteiger partial charge on any atom is 0.371 e. The van der Waals surface area contributed by atoms with Crippen molar-refractivity contribution in [2.45, 2.75) is 0 Å². The zero-order chi connectivity index (χ0) is 10.7. The number of carbonyl (C=O) groups is 2. The van der Waals surface area contributed by atoms with Crippen molar-refractivity contribution in [1.29, 1.82) is 0 Å². The molecule has 0 fully saturated rings. The Kier molecular flexibility index (Phi) is 3.13. The summed E-state index contributed by atoms with van der Waals surface area (Å²) >= 11 is 3.06. The van der Waals surface area contributed by atoms with Crippen molar-refractivity contribution in [1.82, 2.24) is 0 Å². The molecule has 7 heteroatoms. The zero-order valence-electron chi connectivity index (χ0n) is 6.91. The third-order valence-corrected chi connectivity index (χ3v) is 1.91. The van der Waals surface area contributed by atoms with E-state index >= 15 is 0 Å². The molecule has 14 heavy (non-hydrogen) atoms. The van der Waals surface area contributed by atoms with Gasteiger partial charge in [-0.3, -0.25) is 4.79 Å². The van der Waals surface area contributed by atoms with Crippen molar-refractivity contribution in [2.75, 3.05) is 11.9 Å². The highest BCUT2D eigenvalue weighted by molar-refractivity contribution is 9.10. The number of primary amides is 1. The van der Waals surface area contributed by atoms with Crippen LogP contribution < -0.4 is 11.1 Å². The lowest BCUT2D eigenvalue weighted by Gasteiger charge is -1.98. The van der Waals surface area contributed by atoms with Crippen LogP contribution >= 0.6 is 15.9 Å². The molecular weight excluding hydrogens is 256 g/mol. The van der Waals surface area contributed by atoms with E-state index in [1.807, 2.05) is 0 Å². The molecule has 1 heterocycles. The molecule has 1 amide bonds.